The number of thiazole rings is 1. The quantitative estimate of drug-likeness (QED) is 0.608. The largest absolute Gasteiger partial charge is 0.426 e. The topological polar surface area (TPSA) is 102 Å². The Morgan fingerprint density at radius 2 is 2.00 bits per heavy atom. The lowest BCUT2D eigenvalue weighted by Crippen LogP contribution is -2.15. The van der Waals surface area contributed by atoms with Gasteiger partial charge in [0.25, 0.3) is 5.91 Å². The lowest BCUT2D eigenvalue weighted by molar-refractivity contribution is -0.131. The van der Waals surface area contributed by atoms with Crippen molar-refractivity contribution in [3.63, 3.8) is 0 Å². The zero-order valence-corrected chi connectivity index (χ0v) is 16.0. The average Bonchev–Trinajstić information content (AvgIpc) is 2.97. The lowest BCUT2D eigenvalue weighted by Gasteiger charge is -2.08. The first-order valence-corrected chi connectivity index (χ1v) is 9.84. The molecule has 1 amide bonds. The van der Waals surface area contributed by atoms with Gasteiger partial charge in [0.2, 0.25) is 0 Å². The van der Waals surface area contributed by atoms with Gasteiger partial charge in [-0.3, -0.25) is 14.9 Å². The molecule has 10 heteroatoms. The van der Waals surface area contributed by atoms with E-state index in [9.17, 15) is 18.0 Å². The summed E-state index contributed by atoms with van der Waals surface area (Å²) in [6, 6.07) is 4.22. The summed E-state index contributed by atoms with van der Waals surface area (Å²) in [5.41, 5.74) is 0.0335. The summed E-state index contributed by atoms with van der Waals surface area (Å²) in [7, 11) is -3.47. The highest BCUT2D eigenvalue weighted by Gasteiger charge is 2.23. The molecule has 1 N–H and O–H groups in total. The van der Waals surface area contributed by atoms with Crippen molar-refractivity contribution in [3.05, 3.63) is 35.0 Å². The molecule has 134 valence electrons. The molecule has 1 aromatic heterocycles. The van der Waals surface area contributed by atoms with Gasteiger partial charge in [-0.15, -0.1) is 0 Å². The molecule has 0 saturated carbocycles. The van der Waals surface area contributed by atoms with E-state index < -0.39 is 27.0 Å². The molecule has 0 bridgehead atoms. The number of esters is 1. The Kier molecular flexibility index (Phi) is 5.81. The fourth-order valence-corrected chi connectivity index (χ4v) is 4.43. The third-order valence-electron chi connectivity index (χ3n) is 3.05. The summed E-state index contributed by atoms with van der Waals surface area (Å²) in [5.74, 6) is -1.17. The molecule has 0 atom stereocenters. The number of carbonyl (C=O) groups excluding carboxylic acids is 2. The van der Waals surface area contributed by atoms with Crippen molar-refractivity contribution in [2.45, 2.75) is 30.2 Å². The number of nitrogens with zero attached hydrogens (tertiary/aromatic N) is 1. The van der Waals surface area contributed by atoms with Gasteiger partial charge in [0, 0.05) is 11.9 Å². The summed E-state index contributed by atoms with van der Waals surface area (Å²) in [5, 5.41) is 2.28. The van der Waals surface area contributed by atoms with Gasteiger partial charge in [-0.1, -0.05) is 22.9 Å². The van der Waals surface area contributed by atoms with E-state index in [2.05, 4.69) is 10.3 Å². The number of benzene rings is 1. The number of anilines is 1. The van der Waals surface area contributed by atoms with Crippen LogP contribution < -0.4 is 10.1 Å². The first kappa shape index (κ1) is 19.4. The van der Waals surface area contributed by atoms with Crippen LogP contribution in [-0.2, 0) is 14.6 Å². The van der Waals surface area contributed by atoms with Crippen molar-refractivity contribution in [1.82, 2.24) is 4.98 Å². The summed E-state index contributed by atoms with van der Waals surface area (Å²) < 4.78 is 29.2. The maximum Gasteiger partial charge on any atom is 0.308 e. The molecule has 0 saturated heterocycles. The fraction of sp³-hybridized carbons (Fsp3) is 0.267. The van der Waals surface area contributed by atoms with Crippen LogP contribution in [0.4, 0.5) is 5.13 Å². The molecule has 0 aliphatic heterocycles. The second-order valence-electron chi connectivity index (χ2n) is 5.27. The summed E-state index contributed by atoms with van der Waals surface area (Å²) in [6.07, 6.45) is 1.20. The predicted molar refractivity (Wildman–Crippen MR) is 95.2 cm³/mol. The molecular weight excluding hydrogens is 388 g/mol. The molecule has 2 rings (SSSR count). The molecule has 1 aromatic carbocycles. The Hall–Kier alpha value is -1.97. The van der Waals surface area contributed by atoms with E-state index in [0.717, 1.165) is 11.3 Å². The van der Waals surface area contributed by atoms with Crippen molar-refractivity contribution in [2.75, 3.05) is 5.32 Å². The zero-order valence-electron chi connectivity index (χ0n) is 13.6. The van der Waals surface area contributed by atoms with Crippen LogP contribution in [0.25, 0.3) is 0 Å². The van der Waals surface area contributed by atoms with E-state index in [1.807, 2.05) is 0 Å². The predicted octanol–water partition coefficient (Wildman–Crippen LogP) is 3.16. The second kappa shape index (κ2) is 7.51. The normalized spacial score (nSPS) is 11.4. The highest BCUT2D eigenvalue weighted by Crippen LogP contribution is 2.28. The van der Waals surface area contributed by atoms with Crippen LogP contribution >= 0.6 is 22.9 Å². The average molecular weight is 403 g/mol. The SMILES string of the molecule is CC(=O)Oc1ccc(Cl)cc1C(=O)Nc1ncc(S(=O)(=O)C(C)C)s1. The third kappa shape index (κ3) is 4.56. The first-order chi connectivity index (χ1) is 11.6. The van der Waals surface area contributed by atoms with Crippen LogP contribution in [0.2, 0.25) is 5.02 Å². The van der Waals surface area contributed by atoms with Crippen LogP contribution in [0.15, 0.2) is 28.6 Å². The maximum absolute atomic E-state index is 12.4. The number of rotatable bonds is 5. The van der Waals surface area contributed by atoms with Gasteiger partial charge in [-0.25, -0.2) is 13.4 Å². The molecule has 0 fully saturated rings. The van der Waals surface area contributed by atoms with E-state index in [1.54, 1.807) is 13.8 Å². The van der Waals surface area contributed by atoms with E-state index in [0.29, 0.717) is 0 Å². The number of hydrogen-bond acceptors (Lipinski definition) is 7. The van der Waals surface area contributed by atoms with Gasteiger partial charge in [0.05, 0.1) is 17.0 Å². The van der Waals surface area contributed by atoms with Crippen LogP contribution in [0.3, 0.4) is 0 Å². The number of amides is 1. The highest BCUT2D eigenvalue weighted by atomic mass is 35.5. The standard InChI is InChI=1S/C15H15ClN2O5S2/c1-8(2)25(21,22)13-7-17-15(24-13)18-14(20)11-6-10(16)4-5-12(11)23-9(3)19/h4-8H,1-3H3,(H,17,18,20). The summed E-state index contributed by atoms with van der Waals surface area (Å²) in [6.45, 7) is 4.33. The minimum absolute atomic E-state index is 0.0335. The second-order valence-corrected chi connectivity index (χ2v) is 9.46. The number of aromatic nitrogens is 1. The van der Waals surface area contributed by atoms with E-state index in [4.69, 9.17) is 16.3 Å². The van der Waals surface area contributed by atoms with Gasteiger partial charge in [-0.2, -0.15) is 0 Å². The molecule has 2 aromatic rings. The summed E-state index contributed by atoms with van der Waals surface area (Å²) in [4.78, 5) is 27.5. The van der Waals surface area contributed by atoms with Crippen molar-refractivity contribution in [2.24, 2.45) is 0 Å². The molecule has 0 aliphatic rings. The molecule has 0 radical (unpaired) electrons. The monoisotopic (exact) mass is 402 g/mol. The fourth-order valence-electron chi connectivity index (χ4n) is 1.77. The van der Waals surface area contributed by atoms with Crippen LogP contribution in [-0.4, -0.2) is 30.5 Å². The van der Waals surface area contributed by atoms with Crippen molar-refractivity contribution < 1.29 is 22.7 Å². The van der Waals surface area contributed by atoms with Crippen molar-refractivity contribution in [1.29, 1.82) is 0 Å². The first-order valence-electron chi connectivity index (χ1n) is 7.10. The van der Waals surface area contributed by atoms with Crippen molar-refractivity contribution >= 4 is 49.8 Å². The minimum atomic E-state index is -3.47. The molecule has 0 aliphatic carbocycles. The number of nitrogens with one attached hydrogen (secondary N) is 1. The number of carbonyl (C=O) groups is 2. The van der Waals surface area contributed by atoms with Gasteiger partial charge in [0.15, 0.2) is 15.0 Å². The summed E-state index contributed by atoms with van der Waals surface area (Å²) >= 11 is 6.73. The Balaban J connectivity index is 2.28. The van der Waals surface area contributed by atoms with E-state index >= 15 is 0 Å². The van der Waals surface area contributed by atoms with Crippen LogP contribution in [0, 0.1) is 0 Å². The molecular formula is C15H15ClN2O5S2. The van der Waals surface area contributed by atoms with Crippen molar-refractivity contribution in [3.8, 4) is 5.75 Å². The van der Waals surface area contributed by atoms with E-state index in [1.165, 1.54) is 31.3 Å². The molecule has 0 unspecified atom stereocenters. The Morgan fingerprint density at radius 1 is 1.32 bits per heavy atom. The molecule has 25 heavy (non-hydrogen) atoms. The third-order valence-corrected chi connectivity index (χ3v) is 6.84. The number of ether oxygens (including phenoxy) is 1. The Bertz CT molecular complexity index is 922. The maximum atomic E-state index is 12.4. The Labute approximate surface area is 153 Å². The number of hydrogen-bond donors (Lipinski definition) is 1. The van der Waals surface area contributed by atoms with E-state index in [-0.39, 0.29) is 25.7 Å². The highest BCUT2D eigenvalue weighted by molar-refractivity contribution is 7.94. The van der Waals surface area contributed by atoms with Crippen LogP contribution in [0.5, 0.6) is 5.75 Å². The van der Waals surface area contributed by atoms with Gasteiger partial charge < -0.3 is 4.74 Å². The van der Waals surface area contributed by atoms with Gasteiger partial charge in [-0.05, 0) is 32.0 Å². The number of sulfone groups is 1. The molecule has 1 heterocycles. The smallest absolute Gasteiger partial charge is 0.308 e. The van der Waals surface area contributed by atoms with Crippen LogP contribution in [0.1, 0.15) is 31.1 Å². The molecule has 0 spiro atoms. The minimum Gasteiger partial charge on any atom is -0.426 e. The zero-order chi connectivity index (χ0) is 18.8. The number of halogens is 1. The van der Waals surface area contributed by atoms with Gasteiger partial charge in [0.1, 0.15) is 9.96 Å². The Morgan fingerprint density at radius 3 is 2.60 bits per heavy atom. The van der Waals surface area contributed by atoms with Gasteiger partial charge >= 0.3 is 5.97 Å². The lowest BCUT2D eigenvalue weighted by atomic mass is 10.2. The molecule has 7 nitrogen and oxygen atoms in total.